The van der Waals surface area contributed by atoms with Crippen LogP contribution in [-0.4, -0.2) is 19.1 Å². The molecule has 0 aromatic heterocycles. The van der Waals surface area contributed by atoms with Crippen LogP contribution in [0.1, 0.15) is 40.7 Å². The van der Waals surface area contributed by atoms with Crippen LogP contribution in [0.2, 0.25) is 0 Å². The molecule has 0 radical (unpaired) electrons. The van der Waals surface area contributed by atoms with E-state index in [-0.39, 0.29) is 5.97 Å². The third-order valence-electron chi connectivity index (χ3n) is 5.18. The molecule has 0 spiro atoms. The summed E-state index contributed by atoms with van der Waals surface area (Å²) < 4.78 is 6.13. The number of aryl methyl sites for hydroxylation is 3. The van der Waals surface area contributed by atoms with Gasteiger partial charge in [0, 0.05) is 12.8 Å². The smallest absolute Gasteiger partial charge is 0.311 e. The molecule has 25 heavy (non-hydrogen) atoms. The number of hydrogen-bond donors (Lipinski definition) is 1. The van der Waals surface area contributed by atoms with E-state index in [4.69, 9.17) is 4.74 Å². The van der Waals surface area contributed by atoms with Crippen molar-refractivity contribution in [2.24, 2.45) is 0 Å². The molecule has 1 heterocycles. The van der Waals surface area contributed by atoms with Crippen molar-refractivity contribution < 1.29 is 9.53 Å². The van der Waals surface area contributed by atoms with Gasteiger partial charge in [-0.2, -0.15) is 0 Å². The summed E-state index contributed by atoms with van der Waals surface area (Å²) in [4.78, 5) is 12.8. The lowest BCUT2D eigenvalue weighted by Gasteiger charge is -2.37. The zero-order valence-corrected chi connectivity index (χ0v) is 15.4. The molecular formula is C22H27NO2. The van der Waals surface area contributed by atoms with Crippen LogP contribution in [0.4, 0.5) is 0 Å². The summed E-state index contributed by atoms with van der Waals surface area (Å²) in [6.45, 7) is 7.96. The molecule has 2 aromatic carbocycles. The maximum absolute atomic E-state index is 12.8. The summed E-state index contributed by atoms with van der Waals surface area (Å²) >= 11 is 0. The summed E-state index contributed by atoms with van der Waals surface area (Å²) in [6.07, 6.45) is 1.96. The van der Waals surface area contributed by atoms with Crippen molar-refractivity contribution in [3.05, 3.63) is 70.3 Å². The monoisotopic (exact) mass is 337 g/mol. The maximum Gasteiger partial charge on any atom is 0.311 e. The third kappa shape index (κ3) is 3.93. The molecule has 0 amide bonds. The van der Waals surface area contributed by atoms with Gasteiger partial charge >= 0.3 is 5.97 Å². The van der Waals surface area contributed by atoms with Crippen molar-refractivity contribution in [2.45, 2.75) is 45.6 Å². The molecule has 1 saturated heterocycles. The van der Waals surface area contributed by atoms with Gasteiger partial charge in [-0.3, -0.25) is 4.79 Å². The van der Waals surface area contributed by atoms with E-state index >= 15 is 0 Å². The Morgan fingerprint density at radius 2 is 1.64 bits per heavy atom. The highest BCUT2D eigenvalue weighted by atomic mass is 16.6. The fourth-order valence-electron chi connectivity index (χ4n) is 3.91. The van der Waals surface area contributed by atoms with Crippen molar-refractivity contribution in [3.63, 3.8) is 0 Å². The van der Waals surface area contributed by atoms with Gasteiger partial charge in [0.25, 0.3) is 0 Å². The average molecular weight is 337 g/mol. The molecule has 3 nitrogen and oxygen atoms in total. The van der Waals surface area contributed by atoms with Crippen molar-refractivity contribution in [3.8, 4) is 0 Å². The van der Waals surface area contributed by atoms with Crippen LogP contribution in [-0.2, 0) is 21.6 Å². The Hall–Kier alpha value is -2.13. The molecule has 1 N–H and O–H groups in total. The van der Waals surface area contributed by atoms with Crippen LogP contribution in [0.5, 0.6) is 0 Å². The fraction of sp³-hybridized carbons (Fsp3) is 0.409. The van der Waals surface area contributed by atoms with Gasteiger partial charge in [-0.05, 0) is 56.1 Å². The van der Waals surface area contributed by atoms with Gasteiger partial charge in [0.1, 0.15) is 5.60 Å². The number of esters is 1. The van der Waals surface area contributed by atoms with Gasteiger partial charge in [0.15, 0.2) is 0 Å². The molecule has 3 rings (SSSR count). The second kappa shape index (κ2) is 7.40. The average Bonchev–Trinajstić information content (AvgIpc) is 2.60. The van der Waals surface area contributed by atoms with E-state index in [1.54, 1.807) is 0 Å². The summed E-state index contributed by atoms with van der Waals surface area (Å²) in [5, 5.41) is 3.37. The number of carbonyl (C=O) groups is 1. The van der Waals surface area contributed by atoms with Gasteiger partial charge < -0.3 is 10.1 Å². The Morgan fingerprint density at radius 3 is 2.24 bits per heavy atom. The van der Waals surface area contributed by atoms with Crippen LogP contribution >= 0.6 is 0 Å². The third-order valence-corrected chi connectivity index (χ3v) is 5.18. The Labute approximate surface area is 150 Å². The van der Waals surface area contributed by atoms with E-state index in [0.717, 1.165) is 48.2 Å². The minimum Gasteiger partial charge on any atom is -0.454 e. The molecule has 0 saturated carbocycles. The van der Waals surface area contributed by atoms with E-state index in [1.165, 1.54) is 5.56 Å². The molecule has 2 aromatic rings. The highest BCUT2D eigenvalue weighted by Crippen LogP contribution is 2.35. The molecular weight excluding hydrogens is 310 g/mol. The first-order chi connectivity index (χ1) is 12.0. The van der Waals surface area contributed by atoms with Gasteiger partial charge in [-0.15, -0.1) is 0 Å². The summed E-state index contributed by atoms with van der Waals surface area (Å²) in [6, 6.07) is 14.4. The van der Waals surface area contributed by atoms with E-state index in [9.17, 15) is 4.79 Å². The van der Waals surface area contributed by atoms with Crippen molar-refractivity contribution >= 4 is 5.97 Å². The Balaban J connectivity index is 1.82. The Morgan fingerprint density at radius 1 is 1.04 bits per heavy atom. The van der Waals surface area contributed by atoms with Crippen molar-refractivity contribution in [1.29, 1.82) is 0 Å². The van der Waals surface area contributed by atoms with Crippen LogP contribution in [0, 0.1) is 20.8 Å². The molecule has 3 heteroatoms. The normalized spacial score (nSPS) is 16.4. The van der Waals surface area contributed by atoms with E-state index in [1.807, 2.05) is 18.2 Å². The summed E-state index contributed by atoms with van der Waals surface area (Å²) in [5.74, 6) is -0.138. The number of piperidine rings is 1. The van der Waals surface area contributed by atoms with Gasteiger partial charge in [-0.1, -0.05) is 48.0 Å². The fourth-order valence-corrected chi connectivity index (χ4v) is 3.91. The first-order valence-corrected chi connectivity index (χ1v) is 9.05. The molecule has 0 atom stereocenters. The maximum atomic E-state index is 12.8. The molecule has 1 aliphatic heterocycles. The van der Waals surface area contributed by atoms with E-state index in [2.05, 4.69) is 50.4 Å². The van der Waals surface area contributed by atoms with Gasteiger partial charge in [-0.25, -0.2) is 0 Å². The second-order valence-electron chi connectivity index (χ2n) is 7.14. The first-order valence-electron chi connectivity index (χ1n) is 9.05. The van der Waals surface area contributed by atoms with Crippen LogP contribution in [0.15, 0.2) is 42.5 Å². The van der Waals surface area contributed by atoms with Gasteiger partial charge in [0.2, 0.25) is 0 Å². The van der Waals surface area contributed by atoms with Crippen molar-refractivity contribution in [2.75, 3.05) is 13.1 Å². The standard InChI is InChI=1S/C22H27NO2/c1-16-13-17(2)20(18(3)14-16)15-21(24)25-22(9-11-23-12-10-22)19-7-5-4-6-8-19/h4-8,13-14,23H,9-12,15H2,1-3H3. The topological polar surface area (TPSA) is 38.3 Å². The predicted molar refractivity (Wildman–Crippen MR) is 101 cm³/mol. The molecule has 0 bridgehead atoms. The zero-order chi connectivity index (χ0) is 17.9. The molecule has 0 aliphatic carbocycles. The predicted octanol–water partition coefficient (Wildman–Crippen LogP) is 3.98. The number of carbonyl (C=O) groups excluding carboxylic acids is 1. The van der Waals surface area contributed by atoms with Gasteiger partial charge in [0.05, 0.1) is 6.42 Å². The van der Waals surface area contributed by atoms with E-state index < -0.39 is 5.60 Å². The Kier molecular flexibility index (Phi) is 5.24. The zero-order valence-electron chi connectivity index (χ0n) is 15.4. The van der Waals surface area contributed by atoms with Crippen molar-refractivity contribution in [1.82, 2.24) is 5.32 Å². The lowest BCUT2D eigenvalue weighted by atomic mass is 9.84. The molecule has 0 unspecified atom stereocenters. The second-order valence-corrected chi connectivity index (χ2v) is 7.14. The minimum absolute atomic E-state index is 0.138. The molecule has 1 aliphatic rings. The number of benzene rings is 2. The number of nitrogens with one attached hydrogen (secondary N) is 1. The largest absolute Gasteiger partial charge is 0.454 e. The highest BCUT2D eigenvalue weighted by Gasteiger charge is 2.37. The summed E-state index contributed by atoms with van der Waals surface area (Å²) in [5.41, 5.74) is 5.24. The van der Waals surface area contributed by atoms with Crippen LogP contribution < -0.4 is 5.32 Å². The quantitative estimate of drug-likeness (QED) is 0.858. The van der Waals surface area contributed by atoms with E-state index in [0.29, 0.717) is 6.42 Å². The Bertz CT molecular complexity index is 723. The highest BCUT2D eigenvalue weighted by molar-refractivity contribution is 5.74. The van der Waals surface area contributed by atoms with Crippen LogP contribution in [0.25, 0.3) is 0 Å². The molecule has 132 valence electrons. The number of ether oxygens (including phenoxy) is 1. The lowest BCUT2D eigenvalue weighted by Crippen LogP contribution is -2.43. The number of rotatable bonds is 4. The molecule has 1 fully saturated rings. The summed E-state index contributed by atoms with van der Waals surface area (Å²) in [7, 11) is 0. The SMILES string of the molecule is Cc1cc(C)c(CC(=O)OC2(c3ccccc3)CCNCC2)c(C)c1. The number of hydrogen-bond acceptors (Lipinski definition) is 3. The minimum atomic E-state index is -0.504. The van der Waals surface area contributed by atoms with Crippen LogP contribution in [0.3, 0.4) is 0 Å². The lowest BCUT2D eigenvalue weighted by molar-refractivity contribution is -0.163. The first kappa shape index (κ1) is 17.7.